The van der Waals surface area contributed by atoms with E-state index in [0.717, 1.165) is 24.4 Å². The third kappa shape index (κ3) is 4.49. The summed E-state index contributed by atoms with van der Waals surface area (Å²) in [6.07, 6.45) is 2.40. The number of methoxy groups -OCH3 is 1. The first kappa shape index (κ1) is 19.2. The van der Waals surface area contributed by atoms with Crippen molar-refractivity contribution in [3.05, 3.63) is 71.9 Å². The minimum Gasteiger partial charge on any atom is -0.497 e. The van der Waals surface area contributed by atoms with Gasteiger partial charge in [-0.1, -0.05) is 35.5 Å². The van der Waals surface area contributed by atoms with Crippen LogP contribution in [0.1, 0.15) is 34.9 Å². The maximum atomic E-state index is 12.7. The molecule has 1 amide bonds. The first-order valence-corrected chi connectivity index (χ1v) is 9.93. The number of hydrogen-bond acceptors (Lipinski definition) is 5. The van der Waals surface area contributed by atoms with Crippen LogP contribution in [0.4, 0.5) is 0 Å². The second-order valence-corrected chi connectivity index (χ2v) is 7.18. The van der Waals surface area contributed by atoms with Crippen LogP contribution in [0.2, 0.25) is 0 Å². The number of ether oxygens (including phenoxy) is 1. The van der Waals surface area contributed by atoms with Crippen molar-refractivity contribution in [2.24, 2.45) is 0 Å². The molecule has 0 saturated carbocycles. The van der Waals surface area contributed by atoms with Gasteiger partial charge in [0.15, 0.2) is 11.5 Å². The summed E-state index contributed by atoms with van der Waals surface area (Å²) in [4.78, 5) is 15.1. The van der Waals surface area contributed by atoms with Crippen molar-refractivity contribution in [1.82, 2.24) is 15.4 Å². The van der Waals surface area contributed by atoms with Crippen molar-refractivity contribution in [1.29, 1.82) is 0 Å². The lowest BCUT2D eigenvalue weighted by molar-refractivity contribution is 0.0929. The van der Waals surface area contributed by atoms with Gasteiger partial charge >= 0.3 is 0 Å². The summed E-state index contributed by atoms with van der Waals surface area (Å²) in [5, 5.41) is 6.99. The van der Waals surface area contributed by atoms with E-state index in [1.807, 2.05) is 42.5 Å². The summed E-state index contributed by atoms with van der Waals surface area (Å²) in [6, 6.07) is 19.6. The zero-order valence-corrected chi connectivity index (χ0v) is 16.5. The summed E-state index contributed by atoms with van der Waals surface area (Å²) >= 11 is 0. The average molecular weight is 391 g/mol. The predicted molar refractivity (Wildman–Crippen MR) is 111 cm³/mol. The number of hydrogen-bond donors (Lipinski definition) is 1. The first-order chi connectivity index (χ1) is 14.2. The van der Waals surface area contributed by atoms with Gasteiger partial charge in [0.25, 0.3) is 5.91 Å². The van der Waals surface area contributed by atoms with Crippen LogP contribution in [-0.4, -0.2) is 42.7 Å². The fraction of sp³-hybridized carbons (Fsp3) is 0.304. The van der Waals surface area contributed by atoms with E-state index in [1.54, 1.807) is 13.2 Å². The van der Waals surface area contributed by atoms with Gasteiger partial charge < -0.3 is 14.6 Å². The Bertz CT molecular complexity index is 932. The molecule has 1 N–H and O–H groups in total. The quantitative estimate of drug-likeness (QED) is 0.661. The summed E-state index contributed by atoms with van der Waals surface area (Å²) in [6.45, 7) is 2.65. The van der Waals surface area contributed by atoms with Gasteiger partial charge in [0.1, 0.15) is 5.75 Å². The highest BCUT2D eigenvalue weighted by atomic mass is 16.5. The molecule has 1 aliphatic heterocycles. The Morgan fingerprint density at radius 1 is 1.14 bits per heavy atom. The van der Waals surface area contributed by atoms with Gasteiger partial charge in [-0.3, -0.25) is 9.69 Å². The smallest absolute Gasteiger partial charge is 0.273 e. The molecule has 3 aromatic rings. The molecule has 0 aliphatic carbocycles. The van der Waals surface area contributed by atoms with E-state index in [1.165, 1.54) is 18.4 Å². The molecule has 1 aliphatic rings. The van der Waals surface area contributed by atoms with Gasteiger partial charge in [0, 0.05) is 18.2 Å². The molecular formula is C23H25N3O3. The number of nitrogens with zero attached hydrogens (tertiary/aromatic N) is 2. The minimum absolute atomic E-state index is 0.163. The Kier molecular flexibility index (Phi) is 5.91. The SMILES string of the molecule is COc1ccc(-c2cc(C(=O)NC[C@H](c3ccccc3)N3CCCC3)no2)cc1. The molecule has 1 fully saturated rings. The third-order valence-electron chi connectivity index (χ3n) is 5.34. The Hall–Kier alpha value is -3.12. The molecule has 6 heteroatoms. The fourth-order valence-electron chi connectivity index (χ4n) is 3.74. The number of amides is 1. The van der Waals surface area contributed by atoms with E-state index in [0.29, 0.717) is 12.3 Å². The normalized spacial score (nSPS) is 15.2. The lowest BCUT2D eigenvalue weighted by Crippen LogP contribution is -2.36. The minimum atomic E-state index is -0.228. The fourth-order valence-corrected chi connectivity index (χ4v) is 3.74. The van der Waals surface area contributed by atoms with Crippen molar-refractivity contribution in [2.75, 3.05) is 26.7 Å². The molecule has 2 aromatic carbocycles. The van der Waals surface area contributed by atoms with Crippen LogP contribution in [0.25, 0.3) is 11.3 Å². The van der Waals surface area contributed by atoms with Gasteiger partial charge in [0.05, 0.1) is 13.2 Å². The van der Waals surface area contributed by atoms with Crippen LogP contribution in [0.15, 0.2) is 65.2 Å². The number of carbonyl (C=O) groups is 1. The van der Waals surface area contributed by atoms with E-state index >= 15 is 0 Å². The number of likely N-dealkylation sites (tertiary alicyclic amines) is 1. The molecule has 0 bridgehead atoms. The molecule has 1 atom stereocenters. The average Bonchev–Trinajstić information content (AvgIpc) is 3.47. The highest BCUT2D eigenvalue weighted by Gasteiger charge is 2.24. The summed E-state index contributed by atoms with van der Waals surface area (Å²) in [5.74, 6) is 1.09. The standard InChI is InChI=1S/C23H25N3O3/c1-28-19-11-9-18(10-12-19)22-15-20(25-29-22)23(27)24-16-21(26-13-5-6-14-26)17-7-3-2-4-8-17/h2-4,7-12,15,21H,5-6,13-14,16H2,1H3,(H,24,27)/t21-/m1/s1. The summed E-state index contributed by atoms with van der Waals surface area (Å²) < 4.78 is 10.5. The first-order valence-electron chi connectivity index (χ1n) is 9.93. The van der Waals surface area contributed by atoms with Crippen LogP contribution in [0, 0.1) is 0 Å². The number of carbonyl (C=O) groups excluding carboxylic acids is 1. The molecule has 29 heavy (non-hydrogen) atoms. The highest BCUT2D eigenvalue weighted by Crippen LogP contribution is 2.25. The second-order valence-electron chi connectivity index (χ2n) is 7.18. The van der Waals surface area contributed by atoms with Crippen LogP contribution in [-0.2, 0) is 0 Å². The molecule has 0 spiro atoms. The Labute approximate surface area is 170 Å². The number of nitrogens with one attached hydrogen (secondary N) is 1. The largest absolute Gasteiger partial charge is 0.497 e. The molecule has 0 unspecified atom stereocenters. The number of rotatable bonds is 7. The maximum Gasteiger partial charge on any atom is 0.273 e. The predicted octanol–water partition coefficient (Wildman–Crippen LogP) is 3.92. The monoisotopic (exact) mass is 391 g/mol. The van der Waals surface area contributed by atoms with E-state index < -0.39 is 0 Å². The maximum absolute atomic E-state index is 12.7. The van der Waals surface area contributed by atoms with Crippen LogP contribution in [0.5, 0.6) is 5.75 Å². The molecular weight excluding hydrogens is 366 g/mol. The zero-order chi connectivity index (χ0) is 20.1. The van der Waals surface area contributed by atoms with Gasteiger partial charge in [0.2, 0.25) is 0 Å². The molecule has 4 rings (SSSR count). The zero-order valence-electron chi connectivity index (χ0n) is 16.5. The molecule has 150 valence electrons. The van der Waals surface area contributed by atoms with Crippen LogP contribution < -0.4 is 10.1 Å². The van der Waals surface area contributed by atoms with Gasteiger partial charge in [-0.05, 0) is 55.8 Å². The molecule has 6 nitrogen and oxygen atoms in total. The molecule has 1 aromatic heterocycles. The molecule has 2 heterocycles. The molecule has 1 saturated heterocycles. The van der Waals surface area contributed by atoms with Gasteiger partial charge in [-0.2, -0.15) is 0 Å². The van der Waals surface area contributed by atoms with E-state index in [2.05, 4.69) is 27.5 Å². The van der Waals surface area contributed by atoms with Crippen molar-refractivity contribution in [2.45, 2.75) is 18.9 Å². The van der Waals surface area contributed by atoms with Gasteiger partial charge in [-0.25, -0.2) is 0 Å². The van der Waals surface area contributed by atoms with Crippen LogP contribution in [0.3, 0.4) is 0 Å². The lowest BCUT2D eigenvalue weighted by atomic mass is 10.1. The Morgan fingerprint density at radius 2 is 1.86 bits per heavy atom. The highest BCUT2D eigenvalue weighted by molar-refractivity contribution is 5.93. The van der Waals surface area contributed by atoms with Crippen molar-refractivity contribution in [3.63, 3.8) is 0 Å². The number of aromatic nitrogens is 1. The number of benzene rings is 2. The Morgan fingerprint density at radius 3 is 2.55 bits per heavy atom. The van der Waals surface area contributed by atoms with E-state index in [-0.39, 0.29) is 17.6 Å². The lowest BCUT2D eigenvalue weighted by Gasteiger charge is -2.28. The van der Waals surface area contributed by atoms with Gasteiger partial charge in [-0.15, -0.1) is 0 Å². The topological polar surface area (TPSA) is 67.6 Å². The van der Waals surface area contributed by atoms with Crippen molar-refractivity contribution >= 4 is 5.91 Å². The molecule has 0 radical (unpaired) electrons. The van der Waals surface area contributed by atoms with E-state index in [9.17, 15) is 4.79 Å². The third-order valence-corrected chi connectivity index (χ3v) is 5.34. The summed E-state index contributed by atoms with van der Waals surface area (Å²) in [5.41, 5.74) is 2.34. The van der Waals surface area contributed by atoms with Crippen molar-refractivity contribution in [3.8, 4) is 17.1 Å². The van der Waals surface area contributed by atoms with E-state index in [4.69, 9.17) is 9.26 Å². The van der Waals surface area contributed by atoms with Crippen molar-refractivity contribution < 1.29 is 14.1 Å². The summed E-state index contributed by atoms with van der Waals surface area (Å²) in [7, 11) is 1.62. The second kappa shape index (κ2) is 8.92. The Balaban J connectivity index is 1.43. The van der Waals surface area contributed by atoms with Crippen LogP contribution >= 0.6 is 0 Å².